The molecule has 2 aromatic rings. The van der Waals surface area contributed by atoms with E-state index in [-0.39, 0.29) is 18.0 Å². The summed E-state index contributed by atoms with van der Waals surface area (Å²) in [5.41, 5.74) is 3.98. The van der Waals surface area contributed by atoms with Gasteiger partial charge in [-0.05, 0) is 55.5 Å². The second-order valence-electron chi connectivity index (χ2n) is 9.15. The highest BCUT2D eigenvalue weighted by Crippen LogP contribution is 2.32. The Bertz CT molecular complexity index is 939. The van der Waals surface area contributed by atoms with Crippen LogP contribution < -0.4 is 24.6 Å². The van der Waals surface area contributed by atoms with Crippen LogP contribution in [-0.2, 0) is 17.8 Å². The molecule has 31 heavy (non-hydrogen) atoms. The highest BCUT2D eigenvalue weighted by molar-refractivity contribution is 5.80. The first kappa shape index (κ1) is 20.3. The Morgan fingerprint density at radius 2 is 1.90 bits per heavy atom. The van der Waals surface area contributed by atoms with E-state index in [1.165, 1.54) is 21.6 Å². The molecule has 3 N–H and O–H groups in total. The minimum Gasteiger partial charge on any atom is -0.454 e. The molecule has 1 aliphatic carbocycles. The van der Waals surface area contributed by atoms with Gasteiger partial charge in [-0.2, -0.15) is 0 Å². The molecule has 0 unspecified atom stereocenters. The van der Waals surface area contributed by atoms with Crippen molar-refractivity contribution in [1.82, 2.24) is 5.32 Å². The first-order chi connectivity index (χ1) is 15.2. The molecule has 3 aliphatic rings. The van der Waals surface area contributed by atoms with E-state index in [1.54, 1.807) is 4.90 Å². The topological polar surface area (TPSA) is 56.4 Å². The predicted octanol–water partition coefficient (Wildman–Crippen LogP) is 0.281. The van der Waals surface area contributed by atoms with E-state index >= 15 is 0 Å². The predicted molar refractivity (Wildman–Crippen MR) is 117 cm³/mol. The first-order valence-electron chi connectivity index (χ1n) is 11.6. The van der Waals surface area contributed by atoms with E-state index in [1.807, 2.05) is 6.07 Å². The molecule has 0 saturated carbocycles. The van der Waals surface area contributed by atoms with Crippen molar-refractivity contribution in [3.8, 4) is 11.5 Å². The minimum atomic E-state index is -0.0128. The zero-order chi connectivity index (χ0) is 21.2. The van der Waals surface area contributed by atoms with E-state index in [4.69, 9.17) is 9.47 Å². The minimum absolute atomic E-state index is 0.0128. The van der Waals surface area contributed by atoms with E-state index in [0.717, 1.165) is 63.5 Å². The number of fused-ring (bicyclic) bond motifs is 2. The van der Waals surface area contributed by atoms with Crippen molar-refractivity contribution in [2.75, 3.05) is 33.0 Å². The number of hydrogen-bond donors (Lipinski definition) is 3. The molecule has 2 atom stereocenters. The van der Waals surface area contributed by atoms with E-state index < -0.39 is 0 Å². The highest BCUT2D eigenvalue weighted by Gasteiger charge is 2.33. The van der Waals surface area contributed by atoms with Crippen molar-refractivity contribution in [1.29, 1.82) is 0 Å². The van der Waals surface area contributed by atoms with Crippen LogP contribution in [0.1, 0.15) is 42.5 Å². The van der Waals surface area contributed by atoms with Gasteiger partial charge in [0.25, 0.3) is 5.91 Å². The van der Waals surface area contributed by atoms with Crippen LogP contribution in [0.5, 0.6) is 11.5 Å². The molecule has 0 bridgehead atoms. The maximum atomic E-state index is 13.0. The lowest BCUT2D eigenvalue weighted by Crippen LogP contribution is -3.29. The molecular formula is C25H33N3O3+2. The number of piperazine rings is 1. The molecule has 2 heterocycles. The lowest BCUT2D eigenvalue weighted by molar-refractivity contribution is -1.02. The second-order valence-corrected chi connectivity index (χ2v) is 9.15. The largest absolute Gasteiger partial charge is 0.454 e. The van der Waals surface area contributed by atoms with Gasteiger partial charge in [-0.25, -0.2) is 0 Å². The first-order valence-corrected chi connectivity index (χ1v) is 11.6. The lowest BCUT2D eigenvalue weighted by atomic mass is 9.87. The summed E-state index contributed by atoms with van der Waals surface area (Å²) < 4.78 is 10.9. The fourth-order valence-corrected chi connectivity index (χ4v) is 5.26. The fourth-order valence-electron chi connectivity index (χ4n) is 5.26. The summed E-state index contributed by atoms with van der Waals surface area (Å²) in [5.74, 6) is 1.89. The van der Waals surface area contributed by atoms with Gasteiger partial charge in [0.15, 0.2) is 17.5 Å². The van der Waals surface area contributed by atoms with Gasteiger partial charge in [0.05, 0.1) is 6.04 Å². The van der Waals surface area contributed by atoms with Crippen LogP contribution in [0.25, 0.3) is 0 Å². The van der Waals surface area contributed by atoms with Gasteiger partial charge in [-0.15, -0.1) is 0 Å². The number of ether oxygens (including phenoxy) is 2. The van der Waals surface area contributed by atoms with Crippen molar-refractivity contribution in [3.05, 3.63) is 59.2 Å². The Morgan fingerprint density at radius 1 is 1.10 bits per heavy atom. The summed E-state index contributed by atoms with van der Waals surface area (Å²) in [6.07, 6.45) is 3.31. The van der Waals surface area contributed by atoms with Gasteiger partial charge in [0.1, 0.15) is 32.7 Å². The zero-order valence-corrected chi connectivity index (χ0v) is 18.3. The lowest BCUT2D eigenvalue weighted by Gasteiger charge is -2.34. The van der Waals surface area contributed by atoms with E-state index in [2.05, 4.69) is 48.6 Å². The summed E-state index contributed by atoms with van der Waals surface area (Å²) in [5, 5.41) is 3.35. The molecule has 1 fully saturated rings. The molecule has 6 nitrogen and oxygen atoms in total. The molecule has 164 valence electrons. The summed E-state index contributed by atoms with van der Waals surface area (Å²) in [6.45, 7) is 7.60. The maximum Gasteiger partial charge on any atom is 0.278 e. The fraction of sp³-hybridized carbons (Fsp3) is 0.480. The molecule has 1 amide bonds. The van der Waals surface area contributed by atoms with E-state index in [9.17, 15) is 4.79 Å². The molecular weight excluding hydrogens is 390 g/mol. The molecule has 5 rings (SSSR count). The molecule has 0 radical (unpaired) electrons. The van der Waals surface area contributed by atoms with Crippen molar-refractivity contribution >= 4 is 5.91 Å². The summed E-state index contributed by atoms with van der Waals surface area (Å²) in [6, 6.07) is 15.0. The Labute approximate surface area is 184 Å². The number of carbonyl (C=O) groups is 1. The van der Waals surface area contributed by atoms with Crippen LogP contribution in [0, 0.1) is 0 Å². The van der Waals surface area contributed by atoms with Crippen molar-refractivity contribution in [2.24, 2.45) is 0 Å². The summed E-state index contributed by atoms with van der Waals surface area (Å²) in [7, 11) is 0. The Hall–Kier alpha value is -2.57. The number of benzene rings is 2. The van der Waals surface area contributed by atoms with Gasteiger partial charge in [0.2, 0.25) is 6.79 Å². The highest BCUT2D eigenvalue weighted by atomic mass is 16.7. The van der Waals surface area contributed by atoms with Crippen LogP contribution in [-0.4, -0.2) is 44.9 Å². The third kappa shape index (κ3) is 4.41. The monoisotopic (exact) mass is 423 g/mol. The molecule has 6 heteroatoms. The van der Waals surface area contributed by atoms with Crippen molar-refractivity contribution < 1.29 is 24.1 Å². The molecule has 0 aromatic heterocycles. The second kappa shape index (κ2) is 8.89. The van der Waals surface area contributed by atoms with Gasteiger partial charge in [0, 0.05) is 5.56 Å². The van der Waals surface area contributed by atoms with Crippen LogP contribution in [0.3, 0.4) is 0 Å². The van der Waals surface area contributed by atoms with Gasteiger partial charge < -0.3 is 24.6 Å². The quantitative estimate of drug-likeness (QED) is 0.648. The van der Waals surface area contributed by atoms with E-state index in [0.29, 0.717) is 6.79 Å². The van der Waals surface area contributed by atoms with Crippen molar-refractivity contribution in [2.45, 2.75) is 44.8 Å². The molecule has 0 spiro atoms. The maximum absolute atomic E-state index is 13.0. The third-order valence-corrected chi connectivity index (χ3v) is 7.18. The number of carbonyl (C=O) groups excluding carboxylic acids is 1. The standard InChI is InChI=1S/C25H31N3O3/c1-18(25(29)26-22-8-4-6-20-5-2-3-7-21(20)22)28-13-11-27(12-14-28)16-19-9-10-23-24(15-19)31-17-30-23/h2-3,5,7,9-10,15,18,22H,4,6,8,11-14,16-17H2,1H3,(H,26,29)/p+2/t18-,22+/m0/s1. The van der Waals surface area contributed by atoms with Crippen LogP contribution in [0.4, 0.5) is 0 Å². The van der Waals surface area contributed by atoms with Crippen LogP contribution >= 0.6 is 0 Å². The van der Waals surface area contributed by atoms with Gasteiger partial charge in [-0.3, -0.25) is 4.79 Å². The number of amides is 1. The average Bonchev–Trinajstić information content (AvgIpc) is 3.27. The number of quaternary nitrogens is 2. The number of nitrogens with one attached hydrogen (secondary N) is 3. The smallest absolute Gasteiger partial charge is 0.278 e. The summed E-state index contributed by atoms with van der Waals surface area (Å²) >= 11 is 0. The SMILES string of the molecule is C[C@@H](C(=O)N[C@@H]1CCCc2ccccc21)[NH+]1CC[NH+](Cc2ccc3c(c2)OCO3)CC1. The molecule has 1 saturated heterocycles. The Balaban J connectivity index is 1.13. The summed E-state index contributed by atoms with van der Waals surface area (Å²) in [4.78, 5) is 16.0. The van der Waals surface area contributed by atoms with Crippen molar-refractivity contribution in [3.63, 3.8) is 0 Å². The van der Waals surface area contributed by atoms with Gasteiger partial charge >= 0.3 is 0 Å². The molecule has 2 aliphatic heterocycles. The van der Waals surface area contributed by atoms with Gasteiger partial charge in [-0.1, -0.05) is 24.3 Å². The number of aryl methyl sites for hydroxylation is 1. The number of hydrogen-bond acceptors (Lipinski definition) is 3. The number of rotatable bonds is 5. The van der Waals surface area contributed by atoms with Crippen LogP contribution in [0.15, 0.2) is 42.5 Å². The zero-order valence-electron chi connectivity index (χ0n) is 18.3. The average molecular weight is 424 g/mol. The Morgan fingerprint density at radius 3 is 2.77 bits per heavy atom. The van der Waals surface area contributed by atoms with Crippen LogP contribution in [0.2, 0.25) is 0 Å². The normalized spacial score (nSPS) is 25.5. The third-order valence-electron chi connectivity index (χ3n) is 7.18. The molecule has 2 aromatic carbocycles. The Kier molecular flexibility index (Phi) is 5.83.